The molecule has 1 unspecified atom stereocenters. The van der Waals surface area contributed by atoms with E-state index in [2.05, 4.69) is 6.58 Å². The van der Waals surface area contributed by atoms with Gasteiger partial charge in [0.15, 0.2) is 6.10 Å². The number of methoxy groups -OCH3 is 1. The lowest BCUT2D eigenvalue weighted by atomic mass is 9.99. The molecule has 0 amide bonds. The lowest BCUT2D eigenvalue weighted by molar-refractivity contribution is -0.142. The summed E-state index contributed by atoms with van der Waals surface area (Å²) in [7, 11) is 1.62. The van der Waals surface area contributed by atoms with E-state index in [-0.39, 0.29) is 0 Å². The minimum Gasteiger partial charge on any atom is -0.497 e. The molecule has 0 bridgehead atoms. The number of hydrogen-bond acceptors (Lipinski definition) is 3. The zero-order valence-electron chi connectivity index (χ0n) is 13.1. The van der Waals surface area contributed by atoms with Crippen LogP contribution in [-0.4, -0.2) is 13.1 Å². The first-order chi connectivity index (χ1) is 10.5. The van der Waals surface area contributed by atoms with Crippen molar-refractivity contribution in [1.29, 1.82) is 0 Å². The van der Waals surface area contributed by atoms with Crippen LogP contribution in [0.4, 0.5) is 0 Å². The Bertz CT molecular complexity index is 671. The first kappa shape index (κ1) is 15.8. The molecule has 0 aliphatic rings. The molecule has 114 valence electrons. The largest absolute Gasteiger partial charge is 0.497 e. The summed E-state index contributed by atoms with van der Waals surface area (Å²) >= 11 is 0. The van der Waals surface area contributed by atoms with Gasteiger partial charge in [0.05, 0.1) is 7.11 Å². The second-order valence-corrected chi connectivity index (χ2v) is 5.25. The van der Waals surface area contributed by atoms with E-state index in [9.17, 15) is 4.79 Å². The van der Waals surface area contributed by atoms with Crippen LogP contribution >= 0.6 is 0 Å². The average Bonchev–Trinajstić information content (AvgIpc) is 2.52. The van der Waals surface area contributed by atoms with Crippen LogP contribution in [0.1, 0.15) is 29.7 Å². The van der Waals surface area contributed by atoms with Gasteiger partial charge in [0.25, 0.3) is 0 Å². The second-order valence-electron chi connectivity index (χ2n) is 5.25. The number of benzene rings is 2. The van der Waals surface area contributed by atoms with Crippen molar-refractivity contribution in [2.24, 2.45) is 0 Å². The molecule has 0 spiro atoms. The summed E-state index contributed by atoms with van der Waals surface area (Å²) in [6.07, 6.45) is -0.463. The molecular weight excluding hydrogens is 276 g/mol. The van der Waals surface area contributed by atoms with Crippen molar-refractivity contribution in [2.75, 3.05) is 7.11 Å². The van der Waals surface area contributed by atoms with E-state index < -0.39 is 12.1 Å². The highest BCUT2D eigenvalue weighted by Gasteiger charge is 2.19. The summed E-state index contributed by atoms with van der Waals surface area (Å²) in [5, 5.41) is 0. The molecule has 0 N–H and O–H groups in total. The third kappa shape index (κ3) is 3.76. The van der Waals surface area contributed by atoms with Crippen molar-refractivity contribution in [2.45, 2.75) is 20.0 Å². The molecule has 3 heteroatoms. The van der Waals surface area contributed by atoms with Crippen molar-refractivity contribution in [3.63, 3.8) is 0 Å². The van der Waals surface area contributed by atoms with E-state index in [1.165, 1.54) is 0 Å². The van der Waals surface area contributed by atoms with E-state index >= 15 is 0 Å². The molecule has 1 atom stereocenters. The van der Waals surface area contributed by atoms with Gasteiger partial charge >= 0.3 is 5.97 Å². The monoisotopic (exact) mass is 296 g/mol. The minimum absolute atomic E-state index is 0.381. The molecule has 0 radical (unpaired) electrons. The fourth-order valence-electron chi connectivity index (χ4n) is 2.15. The quantitative estimate of drug-likeness (QED) is 0.612. The van der Waals surface area contributed by atoms with Crippen molar-refractivity contribution in [1.82, 2.24) is 0 Å². The molecule has 3 nitrogen and oxygen atoms in total. The van der Waals surface area contributed by atoms with E-state index in [1.807, 2.05) is 55.5 Å². The van der Waals surface area contributed by atoms with E-state index in [1.54, 1.807) is 14.0 Å². The van der Waals surface area contributed by atoms with Crippen molar-refractivity contribution < 1.29 is 14.3 Å². The highest BCUT2D eigenvalue weighted by atomic mass is 16.5. The molecule has 2 aromatic rings. The third-order valence-electron chi connectivity index (χ3n) is 3.34. The normalized spacial score (nSPS) is 11.6. The molecule has 2 rings (SSSR count). The van der Waals surface area contributed by atoms with Gasteiger partial charge in [-0.05, 0) is 37.1 Å². The maximum atomic E-state index is 12.0. The number of carbonyl (C=O) groups is 1. The first-order valence-corrected chi connectivity index (χ1v) is 7.08. The zero-order chi connectivity index (χ0) is 16.1. The number of esters is 1. The first-order valence-electron chi connectivity index (χ1n) is 7.08. The van der Waals surface area contributed by atoms with Crippen LogP contribution in [0, 0.1) is 6.92 Å². The van der Waals surface area contributed by atoms with Gasteiger partial charge in [-0.25, -0.2) is 4.79 Å². The maximum absolute atomic E-state index is 12.0. The molecule has 0 aliphatic carbocycles. The maximum Gasteiger partial charge on any atom is 0.334 e. The Morgan fingerprint density at radius 3 is 2.32 bits per heavy atom. The van der Waals surface area contributed by atoms with Gasteiger partial charge in [-0.3, -0.25) is 0 Å². The SMILES string of the molecule is C=C(C)C(=O)OC(c1ccc(OC)cc1)c1cccc(C)c1. The summed E-state index contributed by atoms with van der Waals surface area (Å²) in [4.78, 5) is 12.0. The Morgan fingerprint density at radius 2 is 1.77 bits per heavy atom. The molecule has 0 aromatic heterocycles. The lowest BCUT2D eigenvalue weighted by Gasteiger charge is -2.19. The number of aryl methyl sites for hydroxylation is 1. The summed E-state index contributed by atoms with van der Waals surface area (Å²) in [6.45, 7) is 7.30. The topological polar surface area (TPSA) is 35.5 Å². The zero-order valence-corrected chi connectivity index (χ0v) is 13.1. The summed E-state index contributed by atoms with van der Waals surface area (Å²) in [5.74, 6) is 0.361. The van der Waals surface area contributed by atoms with Gasteiger partial charge in [0, 0.05) is 5.57 Å². The van der Waals surface area contributed by atoms with E-state index in [0.717, 1.165) is 22.4 Å². The average molecular weight is 296 g/mol. The van der Waals surface area contributed by atoms with Crippen LogP contribution in [-0.2, 0) is 9.53 Å². The summed E-state index contributed by atoms with van der Waals surface area (Å²) < 4.78 is 10.8. The smallest absolute Gasteiger partial charge is 0.334 e. The standard InChI is InChI=1S/C19H20O3/c1-13(2)19(20)22-18(16-7-5-6-14(3)12-16)15-8-10-17(21-4)11-9-15/h5-12,18H,1H2,2-4H3. The van der Waals surface area contributed by atoms with Gasteiger partial charge < -0.3 is 9.47 Å². The highest BCUT2D eigenvalue weighted by Crippen LogP contribution is 2.29. The Morgan fingerprint density at radius 1 is 1.09 bits per heavy atom. The van der Waals surface area contributed by atoms with Gasteiger partial charge in [0.1, 0.15) is 5.75 Å². The van der Waals surface area contributed by atoms with Gasteiger partial charge in [-0.2, -0.15) is 0 Å². The number of ether oxygens (including phenoxy) is 2. The molecule has 0 aliphatic heterocycles. The van der Waals surface area contributed by atoms with E-state index in [4.69, 9.17) is 9.47 Å². The molecule has 0 saturated heterocycles. The van der Waals surface area contributed by atoms with Crippen LogP contribution in [0.25, 0.3) is 0 Å². The van der Waals surface area contributed by atoms with Gasteiger partial charge in [0.2, 0.25) is 0 Å². The molecule has 22 heavy (non-hydrogen) atoms. The fourth-order valence-corrected chi connectivity index (χ4v) is 2.15. The summed E-state index contributed by atoms with van der Waals surface area (Å²) in [5.41, 5.74) is 3.31. The molecular formula is C19H20O3. The predicted octanol–water partition coefficient (Wildman–Crippen LogP) is 4.21. The van der Waals surface area contributed by atoms with Crippen LogP contribution in [0.5, 0.6) is 5.75 Å². The van der Waals surface area contributed by atoms with Gasteiger partial charge in [-0.1, -0.05) is 48.5 Å². The lowest BCUT2D eigenvalue weighted by Crippen LogP contribution is -2.13. The Balaban J connectivity index is 2.39. The number of hydrogen-bond donors (Lipinski definition) is 0. The molecule has 2 aromatic carbocycles. The van der Waals surface area contributed by atoms with Crippen molar-refractivity contribution in [3.05, 3.63) is 77.4 Å². The fraction of sp³-hybridized carbons (Fsp3) is 0.211. The Kier molecular flexibility index (Phi) is 4.99. The Hall–Kier alpha value is -2.55. The number of rotatable bonds is 5. The number of carbonyl (C=O) groups excluding carboxylic acids is 1. The summed E-state index contributed by atoms with van der Waals surface area (Å²) in [6, 6.07) is 15.4. The minimum atomic E-state index is -0.463. The molecule has 0 saturated carbocycles. The van der Waals surface area contributed by atoms with Crippen molar-refractivity contribution in [3.8, 4) is 5.75 Å². The van der Waals surface area contributed by atoms with E-state index in [0.29, 0.717) is 5.57 Å². The van der Waals surface area contributed by atoms with Crippen LogP contribution in [0.15, 0.2) is 60.7 Å². The van der Waals surface area contributed by atoms with Gasteiger partial charge in [-0.15, -0.1) is 0 Å². The van der Waals surface area contributed by atoms with Crippen LogP contribution in [0.3, 0.4) is 0 Å². The molecule has 0 fully saturated rings. The van der Waals surface area contributed by atoms with Crippen molar-refractivity contribution >= 4 is 5.97 Å². The van der Waals surface area contributed by atoms with Crippen LogP contribution in [0.2, 0.25) is 0 Å². The third-order valence-corrected chi connectivity index (χ3v) is 3.34. The highest BCUT2D eigenvalue weighted by molar-refractivity contribution is 5.87. The predicted molar refractivity (Wildman–Crippen MR) is 86.9 cm³/mol. The second kappa shape index (κ2) is 6.94. The Labute approximate surface area is 131 Å². The van der Waals surface area contributed by atoms with Crippen LogP contribution < -0.4 is 4.74 Å². The molecule has 0 heterocycles.